The third-order valence-corrected chi connectivity index (χ3v) is 7.33. The van der Waals surface area contributed by atoms with Crippen LogP contribution in [0.4, 0.5) is 11.4 Å². The first-order chi connectivity index (χ1) is 17.9. The molecule has 2 atom stereocenters. The molecule has 0 aromatic carbocycles. The lowest BCUT2D eigenvalue weighted by atomic mass is 9.89. The van der Waals surface area contributed by atoms with E-state index in [0.717, 1.165) is 49.7 Å². The maximum atomic E-state index is 13.1. The Morgan fingerprint density at radius 3 is 2.78 bits per heavy atom. The maximum absolute atomic E-state index is 13.1. The predicted octanol–water partition coefficient (Wildman–Crippen LogP) is 4.65. The van der Waals surface area contributed by atoms with Gasteiger partial charge in [-0.05, 0) is 76.3 Å². The van der Waals surface area contributed by atoms with Crippen LogP contribution in [0.15, 0.2) is 36.7 Å². The number of amides is 2. The molecule has 2 amide bonds. The van der Waals surface area contributed by atoms with Crippen LogP contribution in [0.1, 0.15) is 60.8 Å². The van der Waals surface area contributed by atoms with Gasteiger partial charge >= 0.3 is 0 Å². The van der Waals surface area contributed by atoms with Crippen LogP contribution in [0.5, 0.6) is 0 Å². The molecule has 2 aliphatic rings. The number of likely N-dealkylation sites (tertiary alicyclic amines) is 1. The van der Waals surface area contributed by atoms with Gasteiger partial charge in [0, 0.05) is 23.3 Å². The van der Waals surface area contributed by atoms with Gasteiger partial charge in [0.05, 0.1) is 47.4 Å². The first kappa shape index (κ1) is 24.7. The SMILES string of the molecule is Cc1ncc(NC(=O)CN2CCC[C@@H]2C)cc1NC(=O)c1cnc2[nH]c(C3=CCC(C#N)CC3)cc2c1. The fourth-order valence-corrected chi connectivity index (χ4v) is 5.04. The molecule has 9 nitrogen and oxygen atoms in total. The summed E-state index contributed by atoms with van der Waals surface area (Å²) in [5.41, 5.74) is 5.02. The molecule has 190 valence electrons. The van der Waals surface area contributed by atoms with Crippen LogP contribution in [0.2, 0.25) is 0 Å². The van der Waals surface area contributed by atoms with Gasteiger partial charge in [-0.25, -0.2) is 4.98 Å². The Hall–Kier alpha value is -4.03. The highest BCUT2D eigenvalue weighted by atomic mass is 16.2. The van der Waals surface area contributed by atoms with Crippen molar-refractivity contribution in [1.29, 1.82) is 5.26 Å². The number of carbonyl (C=O) groups is 2. The molecule has 0 spiro atoms. The second-order valence-corrected chi connectivity index (χ2v) is 10.00. The molecule has 5 rings (SSSR count). The van der Waals surface area contributed by atoms with Crippen molar-refractivity contribution in [3.05, 3.63) is 53.6 Å². The zero-order valence-electron chi connectivity index (χ0n) is 21.2. The van der Waals surface area contributed by atoms with Gasteiger partial charge in [0.15, 0.2) is 0 Å². The summed E-state index contributed by atoms with van der Waals surface area (Å²) in [6, 6.07) is 8.29. The normalized spacial score (nSPS) is 19.9. The molecule has 9 heteroatoms. The van der Waals surface area contributed by atoms with Gasteiger partial charge in [0.25, 0.3) is 5.91 Å². The first-order valence-corrected chi connectivity index (χ1v) is 12.8. The second-order valence-electron chi connectivity index (χ2n) is 10.00. The number of nitrogens with one attached hydrogen (secondary N) is 3. The van der Waals surface area contributed by atoms with E-state index in [-0.39, 0.29) is 17.7 Å². The number of fused-ring (bicyclic) bond motifs is 1. The standard InChI is InChI=1S/C28H31N7O2/c1-17-4-3-9-35(17)16-26(36)32-23-12-24(18(2)30-15-23)34-28(37)22-10-21-11-25(33-27(21)31-14-22)20-7-5-19(13-29)6-8-20/h7,10-12,14-15,17,19H,3-6,8-9,16H2,1-2H3,(H,31,33)(H,32,36)(H,34,37)/t17-,19?/m0/s1. The summed E-state index contributed by atoms with van der Waals surface area (Å²) in [5, 5.41) is 15.8. The van der Waals surface area contributed by atoms with Crippen LogP contribution in [0.3, 0.4) is 0 Å². The largest absolute Gasteiger partial charge is 0.340 e. The maximum Gasteiger partial charge on any atom is 0.257 e. The molecule has 3 aromatic rings. The van der Waals surface area contributed by atoms with E-state index >= 15 is 0 Å². The minimum Gasteiger partial charge on any atom is -0.340 e. The highest BCUT2D eigenvalue weighted by Crippen LogP contribution is 2.31. The Bertz CT molecular complexity index is 1420. The smallest absolute Gasteiger partial charge is 0.257 e. The average molecular weight is 498 g/mol. The summed E-state index contributed by atoms with van der Waals surface area (Å²) in [6.45, 7) is 5.22. The van der Waals surface area contributed by atoms with E-state index in [1.807, 2.05) is 19.1 Å². The number of allylic oxidation sites excluding steroid dienone is 2. The predicted molar refractivity (Wildman–Crippen MR) is 143 cm³/mol. The van der Waals surface area contributed by atoms with Gasteiger partial charge in [-0.2, -0.15) is 5.26 Å². The van der Waals surface area contributed by atoms with Gasteiger partial charge < -0.3 is 15.6 Å². The van der Waals surface area contributed by atoms with Crippen LogP contribution in [-0.4, -0.2) is 50.8 Å². The zero-order valence-corrected chi connectivity index (χ0v) is 21.2. The molecule has 4 heterocycles. The van der Waals surface area contributed by atoms with Crippen molar-refractivity contribution in [2.75, 3.05) is 23.7 Å². The molecule has 0 bridgehead atoms. The number of pyridine rings is 2. The molecular weight excluding hydrogens is 466 g/mol. The number of aromatic amines is 1. The number of aromatic nitrogens is 3. The van der Waals surface area contributed by atoms with Crippen LogP contribution < -0.4 is 10.6 Å². The Labute approximate surface area is 216 Å². The summed E-state index contributed by atoms with van der Waals surface area (Å²) >= 11 is 0. The minimum atomic E-state index is -0.301. The third kappa shape index (κ3) is 5.54. The molecule has 3 aromatic heterocycles. The third-order valence-electron chi connectivity index (χ3n) is 7.33. The number of nitrogens with zero attached hydrogens (tertiary/aromatic N) is 4. The van der Waals surface area contributed by atoms with E-state index in [1.54, 1.807) is 18.5 Å². The minimum absolute atomic E-state index is 0.0834. The van der Waals surface area contributed by atoms with Crippen molar-refractivity contribution in [3.63, 3.8) is 0 Å². The fourth-order valence-electron chi connectivity index (χ4n) is 5.04. The highest BCUT2D eigenvalue weighted by molar-refractivity contribution is 6.06. The second kappa shape index (κ2) is 10.5. The van der Waals surface area contributed by atoms with E-state index in [4.69, 9.17) is 5.26 Å². The summed E-state index contributed by atoms with van der Waals surface area (Å²) in [4.78, 5) is 39.9. The average Bonchev–Trinajstić information content (AvgIpc) is 3.51. The van der Waals surface area contributed by atoms with Crippen molar-refractivity contribution in [3.8, 4) is 6.07 Å². The lowest BCUT2D eigenvalue weighted by Crippen LogP contribution is -2.35. The molecular formula is C28H31N7O2. The van der Waals surface area contributed by atoms with Crippen molar-refractivity contribution in [2.24, 2.45) is 5.92 Å². The molecule has 1 fully saturated rings. The topological polar surface area (TPSA) is 127 Å². The quantitative estimate of drug-likeness (QED) is 0.455. The first-order valence-electron chi connectivity index (χ1n) is 12.8. The molecule has 1 unspecified atom stereocenters. The number of nitriles is 1. The number of carbonyl (C=O) groups excluding carboxylic acids is 2. The Morgan fingerprint density at radius 2 is 2.05 bits per heavy atom. The number of aryl methyl sites for hydroxylation is 1. The number of rotatable bonds is 6. The van der Waals surface area contributed by atoms with E-state index in [9.17, 15) is 9.59 Å². The number of hydrogen-bond acceptors (Lipinski definition) is 6. The van der Waals surface area contributed by atoms with Crippen LogP contribution >= 0.6 is 0 Å². The van der Waals surface area contributed by atoms with Crippen molar-refractivity contribution in [2.45, 2.75) is 52.0 Å². The highest BCUT2D eigenvalue weighted by Gasteiger charge is 2.22. The molecule has 1 aliphatic heterocycles. The summed E-state index contributed by atoms with van der Waals surface area (Å²) in [6.07, 6.45) is 9.94. The van der Waals surface area contributed by atoms with Crippen molar-refractivity contribution >= 4 is 39.8 Å². The summed E-state index contributed by atoms with van der Waals surface area (Å²) < 4.78 is 0. The van der Waals surface area contributed by atoms with Crippen LogP contribution in [0, 0.1) is 24.2 Å². The van der Waals surface area contributed by atoms with E-state index < -0.39 is 0 Å². The van der Waals surface area contributed by atoms with Gasteiger partial charge in [0.1, 0.15) is 5.65 Å². The fraction of sp³-hybridized carbons (Fsp3) is 0.393. The lowest BCUT2D eigenvalue weighted by molar-refractivity contribution is -0.117. The summed E-state index contributed by atoms with van der Waals surface area (Å²) in [5.74, 6) is -0.309. The molecule has 1 aliphatic carbocycles. The van der Waals surface area contributed by atoms with Gasteiger partial charge in [-0.1, -0.05) is 6.08 Å². The lowest BCUT2D eigenvalue weighted by Gasteiger charge is -2.20. The van der Waals surface area contributed by atoms with Gasteiger partial charge in [-0.15, -0.1) is 0 Å². The molecule has 37 heavy (non-hydrogen) atoms. The Kier molecular flexibility index (Phi) is 7.01. The number of H-pyrrole nitrogens is 1. The number of anilines is 2. The van der Waals surface area contributed by atoms with E-state index in [2.05, 4.69) is 49.6 Å². The molecule has 0 saturated carbocycles. The Balaban J connectivity index is 1.27. The molecule has 0 radical (unpaired) electrons. The van der Waals surface area contributed by atoms with Crippen molar-refractivity contribution < 1.29 is 9.59 Å². The van der Waals surface area contributed by atoms with E-state index in [1.165, 1.54) is 5.57 Å². The van der Waals surface area contributed by atoms with Crippen molar-refractivity contribution in [1.82, 2.24) is 19.9 Å². The summed E-state index contributed by atoms with van der Waals surface area (Å²) in [7, 11) is 0. The van der Waals surface area contributed by atoms with Gasteiger partial charge in [0.2, 0.25) is 5.91 Å². The molecule has 3 N–H and O–H groups in total. The monoisotopic (exact) mass is 497 g/mol. The molecule has 1 saturated heterocycles. The zero-order chi connectivity index (χ0) is 25.9. The Morgan fingerprint density at radius 1 is 1.19 bits per heavy atom. The van der Waals surface area contributed by atoms with Crippen LogP contribution in [-0.2, 0) is 4.79 Å². The number of hydrogen-bond donors (Lipinski definition) is 3. The van der Waals surface area contributed by atoms with E-state index in [0.29, 0.717) is 40.9 Å². The van der Waals surface area contributed by atoms with Crippen LogP contribution in [0.25, 0.3) is 16.6 Å². The van der Waals surface area contributed by atoms with Gasteiger partial charge in [-0.3, -0.25) is 19.5 Å².